The second-order valence-electron chi connectivity index (χ2n) is 3.97. The first kappa shape index (κ1) is 13.0. The average molecular weight is 242 g/mol. The monoisotopic (exact) mass is 241 g/mol. The van der Waals surface area contributed by atoms with Crippen molar-refractivity contribution in [2.24, 2.45) is 17.6 Å². The van der Waals surface area contributed by atoms with E-state index in [0.717, 1.165) is 12.0 Å². The van der Waals surface area contributed by atoms with Crippen LogP contribution in [0.15, 0.2) is 30.3 Å². The van der Waals surface area contributed by atoms with Crippen LogP contribution in [0.3, 0.4) is 0 Å². The molecule has 3 atom stereocenters. The molecule has 0 aliphatic heterocycles. The van der Waals surface area contributed by atoms with Crippen LogP contribution in [0.1, 0.15) is 18.0 Å². The quantitative estimate of drug-likeness (QED) is 0.823. The molecule has 0 radical (unpaired) electrons. The van der Waals surface area contributed by atoms with Gasteiger partial charge in [-0.3, -0.25) is 4.79 Å². The molecule has 0 bridgehead atoms. The number of esters is 1. The Morgan fingerprint density at radius 3 is 2.62 bits per heavy atom. The van der Waals surface area contributed by atoms with Gasteiger partial charge in [-0.15, -0.1) is 12.4 Å². The molecular formula is C12H16ClNO2. The predicted octanol–water partition coefficient (Wildman–Crippen LogP) is 1.92. The van der Waals surface area contributed by atoms with Gasteiger partial charge in [-0.1, -0.05) is 30.3 Å². The largest absolute Gasteiger partial charge is 0.469 e. The summed E-state index contributed by atoms with van der Waals surface area (Å²) in [5, 5.41) is 0. The van der Waals surface area contributed by atoms with Gasteiger partial charge in [0.05, 0.1) is 13.0 Å². The molecular weight excluding hydrogens is 226 g/mol. The van der Waals surface area contributed by atoms with Crippen molar-refractivity contribution >= 4 is 18.4 Å². The zero-order valence-electron chi connectivity index (χ0n) is 9.13. The number of carbonyl (C=O) groups excluding carboxylic acids is 1. The van der Waals surface area contributed by atoms with Gasteiger partial charge in [0, 0.05) is 6.04 Å². The first-order chi connectivity index (χ1) is 7.24. The average Bonchev–Trinajstić information content (AvgIpc) is 3.08. The normalized spacial score (nSPS) is 24.1. The Bertz CT molecular complexity index is 355. The number of benzene rings is 1. The van der Waals surface area contributed by atoms with Crippen LogP contribution in [0.5, 0.6) is 0 Å². The van der Waals surface area contributed by atoms with Crippen LogP contribution in [0.25, 0.3) is 0 Å². The van der Waals surface area contributed by atoms with E-state index in [1.807, 2.05) is 30.3 Å². The summed E-state index contributed by atoms with van der Waals surface area (Å²) >= 11 is 0. The highest BCUT2D eigenvalue weighted by atomic mass is 35.5. The first-order valence-electron chi connectivity index (χ1n) is 5.12. The van der Waals surface area contributed by atoms with Crippen molar-refractivity contribution in [3.63, 3.8) is 0 Å². The van der Waals surface area contributed by atoms with Gasteiger partial charge in [0.1, 0.15) is 0 Å². The summed E-state index contributed by atoms with van der Waals surface area (Å²) in [4.78, 5) is 11.2. The molecule has 0 aromatic heterocycles. The van der Waals surface area contributed by atoms with Crippen LogP contribution in [-0.4, -0.2) is 13.1 Å². The third-order valence-electron chi connectivity index (χ3n) is 2.99. The molecule has 0 spiro atoms. The minimum atomic E-state index is -0.133. The van der Waals surface area contributed by atoms with Gasteiger partial charge >= 0.3 is 5.97 Å². The van der Waals surface area contributed by atoms with Crippen LogP contribution in [0.4, 0.5) is 0 Å². The van der Waals surface area contributed by atoms with Gasteiger partial charge in [-0.2, -0.15) is 0 Å². The van der Waals surface area contributed by atoms with E-state index in [1.165, 1.54) is 7.11 Å². The highest BCUT2D eigenvalue weighted by molar-refractivity contribution is 5.85. The van der Waals surface area contributed by atoms with Crippen LogP contribution in [0.2, 0.25) is 0 Å². The number of hydrogen-bond acceptors (Lipinski definition) is 3. The molecule has 0 saturated heterocycles. The molecule has 1 aliphatic rings. The summed E-state index contributed by atoms with van der Waals surface area (Å²) in [6, 6.07) is 9.83. The minimum Gasteiger partial charge on any atom is -0.469 e. The summed E-state index contributed by atoms with van der Waals surface area (Å²) in [5.41, 5.74) is 7.17. The van der Waals surface area contributed by atoms with Crippen molar-refractivity contribution in [1.82, 2.24) is 0 Å². The topological polar surface area (TPSA) is 52.3 Å². The van der Waals surface area contributed by atoms with Gasteiger partial charge in [0.15, 0.2) is 0 Å². The molecule has 1 aromatic rings. The van der Waals surface area contributed by atoms with E-state index in [9.17, 15) is 4.79 Å². The van der Waals surface area contributed by atoms with E-state index < -0.39 is 0 Å². The summed E-state index contributed by atoms with van der Waals surface area (Å²) in [5.74, 6) is 0.122. The SMILES string of the molecule is COC(=O)[C@@H]1C[C@H]1[C@@H](N)c1ccccc1.Cl. The van der Waals surface area contributed by atoms with Crippen LogP contribution < -0.4 is 5.73 Å². The summed E-state index contributed by atoms with van der Waals surface area (Å²) < 4.78 is 4.70. The van der Waals surface area contributed by atoms with Gasteiger partial charge in [0.25, 0.3) is 0 Å². The Labute approximate surface area is 101 Å². The number of ether oxygens (including phenoxy) is 1. The molecule has 4 heteroatoms. The fraction of sp³-hybridized carbons (Fsp3) is 0.417. The predicted molar refractivity (Wildman–Crippen MR) is 64.2 cm³/mol. The van der Waals surface area contributed by atoms with E-state index in [-0.39, 0.29) is 36.3 Å². The zero-order chi connectivity index (χ0) is 10.8. The van der Waals surface area contributed by atoms with Gasteiger partial charge in [-0.25, -0.2) is 0 Å². The molecule has 16 heavy (non-hydrogen) atoms. The Balaban J connectivity index is 0.00000128. The number of nitrogens with two attached hydrogens (primary N) is 1. The van der Waals surface area contributed by atoms with Crippen LogP contribution in [-0.2, 0) is 9.53 Å². The molecule has 2 N–H and O–H groups in total. The lowest BCUT2D eigenvalue weighted by molar-refractivity contribution is -0.142. The number of carbonyl (C=O) groups is 1. The lowest BCUT2D eigenvalue weighted by Gasteiger charge is -2.10. The maximum Gasteiger partial charge on any atom is 0.309 e. The Morgan fingerprint density at radius 2 is 2.06 bits per heavy atom. The molecule has 1 fully saturated rings. The van der Waals surface area contributed by atoms with E-state index in [2.05, 4.69) is 0 Å². The van der Waals surface area contributed by atoms with E-state index in [0.29, 0.717) is 0 Å². The van der Waals surface area contributed by atoms with Gasteiger partial charge < -0.3 is 10.5 Å². The van der Waals surface area contributed by atoms with Crippen molar-refractivity contribution in [2.75, 3.05) is 7.11 Å². The number of methoxy groups -OCH3 is 1. The third-order valence-corrected chi connectivity index (χ3v) is 2.99. The molecule has 88 valence electrons. The highest BCUT2D eigenvalue weighted by Gasteiger charge is 2.47. The summed E-state index contributed by atoms with van der Waals surface area (Å²) in [7, 11) is 1.42. The standard InChI is InChI=1S/C12H15NO2.ClH/c1-15-12(14)10-7-9(10)11(13)8-5-3-2-4-6-8;/h2-6,9-11H,7,13H2,1H3;1H/t9-,10-,11+;/m1./s1. The number of halogens is 1. The highest BCUT2D eigenvalue weighted by Crippen LogP contribution is 2.46. The fourth-order valence-corrected chi connectivity index (χ4v) is 1.96. The molecule has 0 heterocycles. The van der Waals surface area contributed by atoms with Crippen molar-refractivity contribution in [1.29, 1.82) is 0 Å². The van der Waals surface area contributed by atoms with Crippen LogP contribution in [0, 0.1) is 11.8 Å². The minimum absolute atomic E-state index is 0. The van der Waals surface area contributed by atoms with Gasteiger partial charge in [0.2, 0.25) is 0 Å². The molecule has 0 unspecified atom stereocenters. The first-order valence-corrected chi connectivity index (χ1v) is 5.12. The summed E-state index contributed by atoms with van der Waals surface area (Å²) in [6.45, 7) is 0. The third kappa shape index (κ3) is 2.54. The van der Waals surface area contributed by atoms with Crippen LogP contribution >= 0.6 is 12.4 Å². The van der Waals surface area contributed by atoms with Gasteiger partial charge in [-0.05, 0) is 17.9 Å². The smallest absolute Gasteiger partial charge is 0.309 e. The Morgan fingerprint density at radius 1 is 1.44 bits per heavy atom. The van der Waals surface area contributed by atoms with Crippen molar-refractivity contribution in [3.8, 4) is 0 Å². The van der Waals surface area contributed by atoms with E-state index >= 15 is 0 Å². The van der Waals surface area contributed by atoms with Crippen molar-refractivity contribution in [3.05, 3.63) is 35.9 Å². The molecule has 1 aromatic carbocycles. The van der Waals surface area contributed by atoms with E-state index in [4.69, 9.17) is 10.5 Å². The summed E-state index contributed by atoms with van der Waals surface area (Å²) in [6.07, 6.45) is 0.850. The lowest BCUT2D eigenvalue weighted by Crippen LogP contribution is -2.16. The second kappa shape index (κ2) is 5.32. The fourth-order valence-electron chi connectivity index (χ4n) is 1.96. The molecule has 3 nitrogen and oxygen atoms in total. The zero-order valence-corrected chi connectivity index (χ0v) is 9.94. The molecule has 1 saturated carbocycles. The number of rotatable bonds is 3. The Kier molecular flexibility index (Phi) is 4.33. The number of hydrogen-bond donors (Lipinski definition) is 1. The van der Waals surface area contributed by atoms with Crippen molar-refractivity contribution in [2.45, 2.75) is 12.5 Å². The lowest BCUT2D eigenvalue weighted by atomic mass is 10.0. The molecule has 2 rings (SSSR count). The maximum atomic E-state index is 11.2. The second-order valence-corrected chi connectivity index (χ2v) is 3.97. The molecule has 0 amide bonds. The Hall–Kier alpha value is -1.06. The van der Waals surface area contributed by atoms with E-state index in [1.54, 1.807) is 0 Å². The maximum absolute atomic E-state index is 11.2. The van der Waals surface area contributed by atoms with Crippen molar-refractivity contribution < 1.29 is 9.53 Å². The molecule has 1 aliphatic carbocycles.